The lowest BCUT2D eigenvalue weighted by molar-refractivity contribution is 0.0782. The zero-order valence-electron chi connectivity index (χ0n) is 23.2. The van der Waals surface area contributed by atoms with Crippen molar-refractivity contribution in [3.05, 3.63) is 70.2 Å². The average molecular weight is 596 g/mol. The molecule has 2 aromatic heterocycles. The molecule has 214 valence electrons. The molecule has 0 atom stereocenters. The lowest BCUT2D eigenvalue weighted by Crippen LogP contribution is -2.35. The van der Waals surface area contributed by atoms with Gasteiger partial charge in [-0.05, 0) is 19.9 Å². The van der Waals surface area contributed by atoms with E-state index in [2.05, 4.69) is 25.2 Å². The van der Waals surface area contributed by atoms with E-state index in [-0.39, 0.29) is 6.10 Å². The van der Waals surface area contributed by atoms with E-state index in [0.717, 1.165) is 42.8 Å². The molecule has 3 heterocycles. The van der Waals surface area contributed by atoms with Gasteiger partial charge in [0, 0.05) is 48.4 Å². The first kappa shape index (κ1) is 29.2. The van der Waals surface area contributed by atoms with E-state index in [9.17, 15) is 5.11 Å². The number of nitrogens with zero attached hydrogens (tertiary/aromatic N) is 5. The third kappa shape index (κ3) is 6.29. The first-order valence-electron chi connectivity index (χ1n) is 13.4. The van der Waals surface area contributed by atoms with Gasteiger partial charge in [-0.15, -0.1) is 0 Å². The van der Waals surface area contributed by atoms with Gasteiger partial charge in [0.15, 0.2) is 0 Å². The van der Waals surface area contributed by atoms with Crippen LogP contribution in [0.15, 0.2) is 48.8 Å². The van der Waals surface area contributed by atoms with Crippen molar-refractivity contribution >= 4 is 23.2 Å². The van der Waals surface area contributed by atoms with Gasteiger partial charge >= 0.3 is 0 Å². The molecule has 1 aliphatic heterocycles. The largest absolute Gasteiger partial charge is 0.480 e. The summed E-state index contributed by atoms with van der Waals surface area (Å²) in [7, 11) is 5.00. The summed E-state index contributed by atoms with van der Waals surface area (Å²) in [4.78, 5) is 20.8. The number of hydrogen-bond donors (Lipinski definition) is 2. The monoisotopic (exact) mass is 594 g/mol. The fourth-order valence-electron chi connectivity index (χ4n) is 4.94. The van der Waals surface area contributed by atoms with Crippen LogP contribution in [0.1, 0.15) is 24.2 Å². The molecule has 1 fully saturated rings. The molecule has 0 bridgehead atoms. The maximum atomic E-state index is 9.81. The predicted molar refractivity (Wildman–Crippen MR) is 160 cm³/mol. The highest BCUT2D eigenvalue weighted by atomic mass is 35.5. The van der Waals surface area contributed by atoms with Crippen molar-refractivity contribution in [2.45, 2.75) is 32.0 Å². The maximum absolute atomic E-state index is 9.81. The molecule has 0 spiro atoms. The number of halogens is 2. The number of nitrogens with one attached hydrogen (secondary N) is 1. The van der Waals surface area contributed by atoms with Crippen molar-refractivity contribution in [1.82, 2.24) is 30.2 Å². The summed E-state index contributed by atoms with van der Waals surface area (Å²) in [5.41, 5.74) is 5.56. The topological polar surface area (TPSA) is 106 Å². The number of aromatic nitrogens is 4. The van der Waals surface area contributed by atoms with Gasteiger partial charge in [-0.2, -0.15) is 0 Å². The Kier molecular flexibility index (Phi) is 9.32. The fourth-order valence-corrected chi connectivity index (χ4v) is 5.59. The number of methoxy groups -OCH3 is 2. The van der Waals surface area contributed by atoms with E-state index < -0.39 is 0 Å². The highest BCUT2D eigenvalue weighted by Gasteiger charge is 2.21. The van der Waals surface area contributed by atoms with Crippen LogP contribution in [0.4, 0.5) is 0 Å². The van der Waals surface area contributed by atoms with E-state index in [1.165, 1.54) is 0 Å². The molecular formula is C30H32Cl2N6O3. The standard InChI is InChI=1S/C30H32Cl2N6O3/c1-33-14-25-29(40-2)36-23(15-34-25)21-8-4-6-19(27(21)31)20-7-5-9-22(28(20)32)24-16-35-26(30(37-24)41-3)17-38-12-10-18(39)11-13-38/h4-9,15-16,18,33,39H,10-14,17H2,1-3H3. The molecule has 4 aromatic rings. The van der Waals surface area contributed by atoms with Crippen LogP contribution < -0.4 is 14.8 Å². The first-order valence-corrected chi connectivity index (χ1v) is 14.1. The van der Waals surface area contributed by atoms with Crippen molar-refractivity contribution in [2.75, 3.05) is 34.4 Å². The van der Waals surface area contributed by atoms with E-state index in [0.29, 0.717) is 63.1 Å². The van der Waals surface area contributed by atoms with Crippen LogP contribution in [0.2, 0.25) is 10.0 Å². The van der Waals surface area contributed by atoms with E-state index >= 15 is 0 Å². The number of aliphatic hydroxyl groups excluding tert-OH is 1. The Morgan fingerprint density at radius 1 is 0.829 bits per heavy atom. The summed E-state index contributed by atoms with van der Waals surface area (Å²) in [6.07, 6.45) is 4.68. The zero-order chi connectivity index (χ0) is 28.9. The summed E-state index contributed by atoms with van der Waals surface area (Å²) in [6.45, 7) is 2.74. The molecule has 5 rings (SSSR count). The zero-order valence-corrected chi connectivity index (χ0v) is 24.7. The second kappa shape index (κ2) is 13.1. The van der Waals surface area contributed by atoms with Crippen molar-refractivity contribution < 1.29 is 14.6 Å². The van der Waals surface area contributed by atoms with Crippen molar-refractivity contribution in [3.63, 3.8) is 0 Å². The Labute approximate surface area is 249 Å². The molecule has 0 radical (unpaired) electrons. The molecule has 1 saturated heterocycles. The first-order chi connectivity index (χ1) is 19.9. The predicted octanol–water partition coefficient (Wildman–Crippen LogP) is 5.27. The van der Waals surface area contributed by atoms with Crippen LogP contribution in [0.25, 0.3) is 33.6 Å². The fraction of sp³-hybridized carbons (Fsp3) is 0.333. The SMILES string of the molecule is CNCc1ncc(-c2cccc(-c3cccc(-c4cnc(CN5CCC(O)CC5)c(OC)n4)c3Cl)c2Cl)nc1OC. The molecule has 11 heteroatoms. The smallest absolute Gasteiger partial charge is 0.237 e. The molecule has 2 aromatic carbocycles. The highest BCUT2D eigenvalue weighted by Crippen LogP contribution is 2.42. The molecule has 41 heavy (non-hydrogen) atoms. The van der Waals surface area contributed by atoms with Gasteiger partial charge in [0.1, 0.15) is 11.4 Å². The van der Waals surface area contributed by atoms with Crippen LogP contribution in [0.3, 0.4) is 0 Å². The summed E-state index contributed by atoms with van der Waals surface area (Å²) in [5.74, 6) is 0.886. The average Bonchev–Trinajstić information content (AvgIpc) is 2.99. The lowest BCUT2D eigenvalue weighted by Gasteiger charge is -2.29. The van der Waals surface area contributed by atoms with Crippen molar-refractivity contribution in [3.8, 4) is 45.4 Å². The molecule has 1 aliphatic rings. The Morgan fingerprint density at radius 3 is 1.83 bits per heavy atom. The lowest BCUT2D eigenvalue weighted by atomic mass is 9.98. The van der Waals surface area contributed by atoms with E-state index in [4.69, 9.17) is 37.7 Å². The second-order valence-electron chi connectivity index (χ2n) is 9.79. The number of likely N-dealkylation sites (tertiary alicyclic amines) is 1. The second-order valence-corrected chi connectivity index (χ2v) is 10.6. The molecule has 0 saturated carbocycles. The minimum atomic E-state index is -0.232. The normalized spacial score (nSPS) is 14.3. The number of benzene rings is 2. The van der Waals surface area contributed by atoms with Gasteiger partial charge in [0.2, 0.25) is 11.8 Å². The third-order valence-corrected chi connectivity index (χ3v) is 7.94. The van der Waals surface area contributed by atoms with Crippen LogP contribution in [0, 0.1) is 0 Å². The summed E-state index contributed by atoms with van der Waals surface area (Å²) >= 11 is 14.0. The van der Waals surface area contributed by atoms with Crippen LogP contribution in [-0.4, -0.2) is 70.4 Å². The molecule has 9 nitrogen and oxygen atoms in total. The molecule has 0 unspecified atom stereocenters. The van der Waals surface area contributed by atoms with E-state index in [1.807, 2.05) is 43.4 Å². The molecular weight excluding hydrogens is 563 g/mol. The van der Waals surface area contributed by atoms with Crippen molar-refractivity contribution in [2.24, 2.45) is 0 Å². The van der Waals surface area contributed by atoms with Crippen LogP contribution >= 0.6 is 23.2 Å². The summed E-state index contributed by atoms with van der Waals surface area (Å²) in [5, 5.41) is 13.9. The highest BCUT2D eigenvalue weighted by molar-refractivity contribution is 6.39. The Hall–Kier alpha value is -3.34. The number of aliphatic hydroxyl groups is 1. The van der Waals surface area contributed by atoms with Gasteiger partial charge in [-0.1, -0.05) is 59.6 Å². The van der Waals surface area contributed by atoms with Gasteiger partial charge < -0.3 is 19.9 Å². The Bertz CT molecular complexity index is 1530. The summed E-state index contributed by atoms with van der Waals surface area (Å²) in [6, 6.07) is 11.5. The molecule has 0 aliphatic carbocycles. The molecule has 2 N–H and O–H groups in total. The van der Waals surface area contributed by atoms with Gasteiger partial charge in [-0.3, -0.25) is 14.9 Å². The summed E-state index contributed by atoms with van der Waals surface area (Å²) < 4.78 is 11.1. The number of hydrogen-bond acceptors (Lipinski definition) is 9. The van der Waals surface area contributed by atoms with Gasteiger partial charge in [0.05, 0.1) is 54.2 Å². The minimum absolute atomic E-state index is 0.232. The number of rotatable bonds is 9. The van der Waals surface area contributed by atoms with Gasteiger partial charge in [-0.25, -0.2) is 9.97 Å². The van der Waals surface area contributed by atoms with Crippen molar-refractivity contribution in [1.29, 1.82) is 0 Å². The van der Waals surface area contributed by atoms with Gasteiger partial charge in [0.25, 0.3) is 0 Å². The van der Waals surface area contributed by atoms with Crippen LogP contribution in [0.5, 0.6) is 11.8 Å². The minimum Gasteiger partial charge on any atom is -0.480 e. The number of piperidine rings is 1. The maximum Gasteiger partial charge on any atom is 0.237 e. The van der Waals surface area contributed by atoms with E-state index in [1.54, 1.807) is 26.6 Å². The molecule has 0 amide bonds. The third-order valence-electron chi connectivity index (χ3n) is 7.12. The number of ether oxygens (including phenoxy) is 2. The Morgan fingerprint density at radius 2 is 1.32 bits per heavy atom. The Balaban J connectivity index is 1.47. The van der Waals surface area contributed by atoms with Crippen LogP contribution in [-0.2, 0) is 13.1 Å². The quantitative estimate of drug-likeness (QED) is 0.268.